The predicted octanol–water partition coefficient (Wildman–Crippen LogP) is 2.63. The Balaban J connectivity index is 2.19. The van der Waals surface area contributed by atoms with Crippen molar-refractivity contribution in [3.8, 4) is 0 Å². The molecule has 1 heterocycles. The minimum Gasteiger partial charge on any atom is -0.335 e. The van der Waals surface area contributed by atoms with Crippen LogP contribution in [0.15, 0.2) is 24.3 Å². The number of carbonyl (C=O) groups is 1. The molecule has 0 spiro atoms. The molecule has 0 saturated carbocycles. The van der Waals surface area contributed by atoms with Crippen LogP contribution < -0.4 is 0 Å². The summed E-state index contributed by atoms with van der Waals surface area (Å²) < 4.78 is 23.3. The molecule has 1 unspecified atom stereocenters. The number of sulfone groups is 1. The van der Waals surface area contributed by atoms with E-state index in [-0.39, 0.29) is 28.9 Å². The number of nitrogens with zero attached hydrogens (tertiary/aromatic N) is 1. The number of hydrogen-bond acceptors (Lipinski definition) is 3. The van der Waals surface area contributed by atoms with E-state index in [9.17, 15) is 13.2 Å². The summed E-state index contributed by atoms with van der Waals surface area (Å²) in [5.74, 6) is 0.196. The molecule has 1 aromatic carbocycles. The van der Waals surface area contributed by atoms with Crippen molar-refractivity contribution in [2.45, 2.75) is 45.6 Å². The second-order valence-corrected chi connectivity index (χ2v) is 9.20. The predicted molar refractivity (Wildman–Crippen MR) is 88.9 cm³/mol. The molecule has 4 nitrogen and oxygen atoms in total. The largest absolute Gasteiger partial charge is 0.335 e. The van der Waals surface area contributed by atoms with Crippen LogP contribution in [-0.2, 0) is 15.3 Å². The van der Waals surface area contributed by atoms with Gasteiger partial charge in [-0.3, -0.25) is 4.79 Å². The summed E-state index contributed by atoms with van der Waals surface area (Å²) in [6.07, 6.45) is 0.544. The quantitative estimate of drug-likeness (QED) is 0.859. The standard InChI is InChI=1S/C17H25NO3S/c1-5-18(15-10-11-22(20,21)12-15)16(19)13-6-8-14(9-7-13)17(2,3)4/h6-9,15H,5,10-12H2,1-4H3. The molecular weight excluding hydrogens is 298 g/mol. The van der Waals surface area contributed by atoms with Gasteiger partial charge in [0.15, 0.2) is 9.84 Å². The first-order valence-corrected chi connectivity index (χ1v) is 9.58. The van der Waals surface area contributed by atoms with Crippen molar-refractivity contribution in [1.29, 1.82) is 0 Å². The van der Waals surface area contributed by atoms with Gasteiger partial charge in [0.05, 0.1) is 11.5 Å². The van der Waals surface area contributed by atoms with E-state index < -0.39 is 9.84 Å². The van der Waals surface area contributed by atoms with Gasteiger partial charge in [-0.15, -0.1) is 0 Å². The Morgan fingerprint density at radius 2 is 1.82 bits per heavy atom. The maximum Gasteiger partial charge on any atom is 0.254 e. The lowest BCUT2D eigenvalue weighted by atomic mass is 9.86. The monoisotopic (exact) mass is 323 g/mol. The van der Waals surface area contributed by atoms with E-state index >= 15 is 0 Å². The summed E-state index contributed by atoms with van der Waals surface area (Å²) in [5.41, 5.74) is 1.85. The topological polar surface area (TPSA) is 54.5 Å². The fourth-order valence-electron chi connectivity index (χ4n) is 2.87. The van der Waals surface area contributed by atoms with Crippen molar-refractivity contribution in [2.75, 3.05) is 18.1 Å². The van der Waals surface area contributed by atoms with E-state index in [0.29, 0.717) is 18.5 Å². The van der Waals surface area contributed by atoms with E-state index in [1.807, 2.05) is 31.2 Å². The molecule has 2 rings (SSSR count). The second-order valence-electron chi connectivity index (χ2n) is 6.98. The van der Waals surface area contributed by atoms with Crippen LogP contribution in [0.3, 0.4) is 0 Å². The van der Waals surface area contributed by atoms with Gasteiger partial charge in [0, 0.05) is 18.2 Å². The Hall–Kier alpha value is -1.36. The van der Waals surface area contributed by atoms with E-state index in [0.717, 1.165) is 0 Å². The average molecular weight is 323 g/mol. The van der Waals surface area contributed by atoms with Crippen LogP contribution in [0, 0.1) is 0 Å². The molecule has 0 N–H and O–H groups in total. The van der Waals surface area contributed by atoms with Gasteiger partial charge < -0.3 is 4.90 Å². The van der Waals surface area contributed by atoms with Gasteiger partial charge >= 0.3 is 0 Å². The average Bonchev–Trinajstić information content (AvgIpc) is 2.79. The van der Waals surface area contributed by atoms with E-state index in [2.05, 4.69) is 20.8 Å². The molecule has 5 heteroatoms. The van der Waals surface area contributed by atoms with Crippen molar-refractivity contribution in [3.05, 3.63) is 35.4 Å². The smallest absolute Gasteiger partial charge is 0.254 e. The van der Waals surface area contributed by atoms with Crippen molar-refractivity contribution < 1.29 is 13.2 Å². The summed E-state index contributed by atoms with van der Waals surface area (Å²) in [5, 5.41) is 0. The summed E-state index contributed by atoms with van der Waals surface area (Å²) in [4.78, 5) is 14.4. The van der Waals surface area contributed by atoms with Crippen molar-refractivity contribution in [2.24, 2.45) is 0 Å². The normalized spacial score (nSPS) is 20.8. The highest BCUT2D eigenvalue weighted by Gasteiger charge is 2.34. The highest BCUT2D eigenvalue weighted by atomic mass is 32.2. The highest BCUT2D eigenvalue weighted by molar-refractivity contribution is 7.91. The molecule has 1 aliphatic heterocycles. The van der Waals surface area contributed by atoms with E-state index in [4.69, 9.17) is 0 Å². The van der Waals surface area contributed by atoms with Gasteiger partial charge in [0.1, 0.15) is 0 Å². The summed E-state index contributed by atoms with van der Waals surface area (Å²) in [6, 6.07) is 7.45. The number of amides is 1. The molecule has 1 aromatic rings. The SMILES string of the molecule is CCN(C(=O)c1ccc(C(C)(C)C)cc1)C1CCS(=O)(=O)C1. The second kappa shape index (κ2) is 6.03. The minimum absolute atomic E-state index is 0.0472. The summed E-state index contributed by atoms with van der Waals surface area (Å²) in [6.45, 7) is 8.81. The lowest BCUT2D eigenvalue weighted by Crippen LogP contribution is -2.41. The third-order valence-electron chi connectivity index (χ3n) is 4.25. The zero-order valence-corrected chi connectivity index (χ0v) is 14.6. The zero-order valence-electron chi connectivity index (χ0n) is 13.8. The van der Waals surface area contributed by atoms with Crippen molar-refractivity contribution >= 4 is 15.7 Å². The summed E-state index contributed by atoms with van der Waals surface area (Å²) in [7, 11) is -2.99. The minimum atomic E-state index is -2.99. The van der Waals surface area contributed by atoms with Crippen LogP contribution in [0.25, 0.3) is 0 Å². The lowest BCUT2D eigenvalue weighted by molar-refractivity contribution is 0.0708. The number of rotatable bonds is 3. The third-order valence-corrected chi connectivity index (χ3v) is 6.00. The van der Waals surface area contributed by atoms with Gasteiger partial charge in [-0.2, -0.15) is 0 Å². The van der Waals surface area contributed by atoms with Crippen molar-refractivity contribution in [1.82, 2.24) is 4.90 Å². The van der Waals surface area contributed by atoms with Crippen LogP contribution in [-0.4, -0.2) is 43.3 Å². The van der Waals surface area contributed by atoms with Gasteiger partial charge in [-0.25, -0.2) is 8.42 Å². The van der Waals surface area contributed by atoms with Crippen LogP contribution in [0.4, 0.5) is 0 Å². The summed E-state index contributed by atoms with van der Waals surface area (Å²) >= 11 is 0. The molecular formula is C17H25NO3S. The molecule has 1 amide bonds. The molecule has 1 aliphatic rings. The van der Waals surface area contributed by atoms with Gasteiger partial charge in [-0.05, 0) is 36.5 Å². The fraction of sp³-hybridized carbons (Fsp3) is 0.588. The third kappa shape index (κ3) is 3.69. The Bertz CT molecular complexity index is 641. The van der Waals surface area contributed by atoms with Crippen molar-refractivity contribution in [3.63, 3.8) is 0 Å². The molecule has 1 saturated heterocycles. The fourth-order valence-corrected chi connectivity index (χ4v) is 4.60. The molecule has 0 radical (unpaired) electrons. The first-order chi connectivity index (χ1) is 10.1. The van der Waals surface area contributed by atoms with E-state index in [1.54, 1.807) is 4.90 Å². The Labute approximate surface area is 133 Å². The number of hydrogen-bond donors (Lipinski definition) is 0. The first kappa shape index (κ1) is 17.0. The highest BCUT2D eigenvalue weighted by Crippen LogP contribution is 2.24. The van der Waals surface area contributed by atoms with Gasteiger partial charge in [0.25, 0.3) is 5.91 Å². The van der Waals surface area contributed by atoms with Crippen LogP contribution in [0.2, 0.25) is 0 Å². The molecule has 1 fully saturated rings. The lowest BCUT2D eigenvalue weighted by Gasteiger charge is -2.27. The molecule has 0 aliphatic carbocycles. The molecule has 22 heavy (non-hydrogen) atoms. The van der Waals surface area contributed by atoms with Gasteiger partial charge in [0.2, 0.25) is 0 Å². The Morgan fingerprint density at radius 3 is 2.23 bits per heavy atom. The first-order valence-electron chi connectivity index (χ1n) is 7.76. The molecule has 122 valence electrons. The maximum absolute atomic E-state index is 12.7. The van der Waals surface area contributed by atoms with Crippen LogP contribution in [0.5, 0.6) is 0 Å². The van der Waals surface area contributed by atoms with Crippen LogP contribution >= 0.6 is 0 Å². The number of carbonyl (C=O) groups excluding carboxylic acids is 1. The molecule has 0 aromatic heterocycles. The molecule has 1 atom stereocenters. The number of benzene rings is 1. The van der Waals surface area contributed by atoms with E-state index in [1.165, 1.54) is 5.56 Å². The Morgan fingerprint density at radius 1 is 1.23 bits per heavy atom. The molecule has 0 bridgehead atoms. The maximum atomic E-state index is 12.7. The Kier molecular flexibility index (Phi) is 4.66. The zero-order chi connectivity index (χ0) is 16.5. The van der Waals surface area contributed by atoms with Gasteiger partial charge in [-0.1, -0.05) is 32.9 Å². The van der Waals surface area contributed by atoms with Crippen LogP contribution in [0.1, 0.15) is 50.0 Å².